The summed E-state index contributed by atoms with van der Waals surface area (Å²) in [5.41, 5.74) is 8.80. The van der Waals surface area contributed by atoms with Gasteiger partial charge in [0.05, 0.1) is 35.7 Å². The Balaban J connectivity index is 2.16. The molecule has 2 atom stereocenters. The van der Waals surface area contributed by atoms with Gasteiger partial charge in [-0.25, -0.2) is 0 Å². The zero-order valence-electron chi connectivity index (χ0n) is 11.1. The van der Waals surface area contributed by atoms with Gasteiger partial charge in [0.25, 0.3) is 0 Å². The van der Waals surface area contributed by atoms with Crippen molar-refractivity contribution >= 4 is 22.3 Å². The third-order valence-corrected chi connectivity index (χ3v) is 4.13. The molecule has 0 spiro atoms. The Morgan fingerprint density at radius 3 is 3.00 bits per heavy atom. The van der Waals surface area contributed by atoms with Gasteiger partial charge in [0.2, 0.25) is 0 Å². The molecule has 0 radical (unpaired) electrons. The number of para-hydroxylation sites is 1. The molecule has 1 saturated heterocycles. The minimum atomic E-state index is 0.146. The van der Waals surface area contributed by atoms with Gasteiger partial charge in [-0.3, -0.25) is 4.98 Å². The van der Waals surface area contributed by atoms with E-state index >= 15 is 0 Å². The number of hydrogen-bond acceptors (Lipinski definition) is 4. The second-order valence-electron chi connectivity index (χ2n) is 5.29. The van der Waals surface area contributed by atoms with Crippen molar-refractivity contribution in [2.75, 3.05) is 23.8 Å². The van der Waals surface area contributed by atoms with E-state index in [1.54, 1.807) is 6.20 Å². The molecule has 0 bridgehead atoms. The predicted octanol–water partition coefficient (Wildman–Crippen LogP) is 2.02. The van der Waals surface area contributed by atoms with Gasteiger partial charge in [0.15, 0.2) is 0 Å². The van der Waals surface area contributed by atoms with Crippen molar-refractivity contribution in [3.63, 3.8) is 0 Å². The Morgan fingerprint density at radius 1 is 1.42 bits per heavy atom. The normalized spacial score (nSPS) is 23.2. The number of anilines is 2. The first-order chi connectivity index (χ1) is 9.22. The lowest BCUT2D eigenvalue weighted by atomic mass is 10.0. The van der Waals surface area contributed by atoms with E-state index < -0.39 is 0 Å². The molecule has 1 aromatic heterocycles. The number of nitrogens with zero attached hydrogens (tertiary/aromatic N) is 2. The summed E-state index contributed by atoms with van der Waals surface area (Å²) in [5, 5.41) is 10.7. The second kappa shape index (κ2) is 4.70. The molecular formula is C15H19N3O. The average Bonchev–Trinajstić information content (AvgIpc) is 2.79. The van der Waals surface area contributed by atoms with Crippen LogP contribution in [0.4, 0.5) is 11.4 Å². The maximum absolute atomic E-state index is 9.63. The quantitative estimate of drug-likeness (QED) is 0.864. The number of aliphatic hydroxyl groups is 1. The number of benzene rings is 1. The van der Waals surface area contributed by atoms with Gasteiger partial charge in [0, 0.05) is 11.9 Å². The van der Waals surface area contributed by atoms with Crippen LogP contribution in [0.5, 0.6) is 0 Å². The lowest BCUT2D eigenvalue weighted by Gasteiger charge is -2.29. The van der Waals surface area contributed by atoms with Gasteiger partial charge < -0.3 is 15.7 Å². The van der Waals surface area contributed by atoms with E-state index in [-0.39, 0.29) is 12.6 Å². The van der Waals surface area contributed by atoms with Crippen molar-refractivity contribution < 1.29 is 5.11 Å². The van der Waals surface area contributed by atoms with Crippen LogP contribution in [0.1, 0.15) is 13.3 Å². The molecule has 4 heteroatoms. The van der Waals surface area contributed by atoms with Crippen LogP contribution >= 0.6 is 0 Å². The maximum atomic E-state index is 9.63. The summed E-state index contributed by atoms with van der Waals surface area (Å²) in [7, 11) is 0. The molecule has 0 saturated carbocycles. The number of aromatic nitrogens is 1. The highest BCUT2D eigenvalue weighted by atomic mass is 16.3. The van der Waals surface area contributed by atoms with Crippen molar-refractivity contribution in [3.8, 4) is 0 Å². The number of aliphatic hydroxyl groups excluding tert-OH is 1. The van der Waals surface area contributed by atoms with Gasteiger partial charge in [-0.15, -0.1) is 0 Å². The van der Waals surface area contributed by atoms with Crippen LogP contribution in [0.25, 0.3) is 10.9 Å². The highest BCUT2D eigenvalue weighted by Gasteiger charge is 2.32. The van der Waals surface area contributed by atoms with Crippen molar-refractivity contribution in [1.82, 2.24) is 4.98 Å². The average molecular weight is 257 g/mol. The first-order valence-electron chi connectivity index (χ1n) is 6.73. The van der Waals surface area contributed by atoms with E-state index in [4.69, 9.17) is 5.73 Å². The molecular weight excluding hydrogens is 238 g/mol. The van der Waals surface area contributed by atoms with Crippen LogP contribution in [0, 0.1) is 5.92 Å². The Morgan fingerprint density at radius 2 is 2.21 bits per heavy atom. The summed E-state index contributed by atoms with van der Waals surface area (Å²) in [4.78, 5) is 6.61. The van der Waals surface area contributed by atoms with Crippen LogP contribution in [0.15, 0.2) is 30.5 Å². The molecule has 2 aromatic rings. The van der Waals surface area contributed by atoms with E-state index in [2.05, 4.69) is 16.8 Å². The number of nitrogen functional groups attached to an aromatic ring is 1. The van der Waals surface area contributed by atoms with E-state index in [0.717, 1.165) is 29.6 Å². The van der Waals surface area contributed by atoms with Gasteiger partial charge in [-0.1, -0.05) is 25.1 Å². The van der Waals surface area contributed by atoms with Gasteiger partial charge in [0.1, 0.15) is 0 Å². The van der Waals surface area contributed by atoms with E-state index in [0.29, 0.717) is 11.6 Å². The van der Waals surface area contributed by atoms with Crippen LogP contribution in [-0.2, 0) is 0 Å². The summed E-state index contributed by atoms with van der Waals surface area (Å²) >= 11 is 0. The van der Waals surface area contributed by atoms with Crippen LogP contribution in [0.3, 0.4) is 0 Å². The van der Waals surface area contributed by atoms with E-state index in [1.807, 2.05) is 24.3 Å². The third-order valence-electron chi connectivity index (χ3n) is 4.13. The molecule has 1 fully saturated rings. The number of rotatable bonds is 2. The predicted molar refractivity (Wildman–Crippen MR) is 78.2 cm³/mol. The Hall–Kier alpha value is -1.81. The van der Waals surface area contributed by atoms with Crippen LogP contribution in [-0.4, -0.2) is 29.3 Å². The fourth-order valence-electron chi connectivity index (χ4n) is 3.03. The Kier molecular flexibility index (Phi) is 3.03. The molecule has 4 nitrogen and oxygen atoms in total. The van der Waals surface area contributed by atoms with Crippen molar-refractivity contribution in [2.45, 2.75) is 19.4 Å². The largest absolute Gasteiger partial charge is 0.396 e. The number of nitrogens with two attached hydrogens (primary N) is 1. The smallest absolute Gasteiger partial charge is 0.0745 e. The highest BCUT2D eigenvalue weighted by molar-refractivity contribution is 5.97. The lowest BCUT2D eigenvalue weighted by molar-refractivity contribution is 0.245. The monoisotopic (exact) mass is 257 g/mol. The molecule has 100 valence electrons. The zero-order valence-corrected chi connectivity index (χ0v) is 11.1. The minimum Gasteiger partial charge on any atom is -0.396 e. The molecule has 0 aliphatic carbocycles. The third kappa shape index (κ3) is 1.92. The fraction of sp³-hybridized carbons (Fsp3) is 0.400. The van der Waals surface area contributed by atoms with Gasteiger partial charge in [-0.05, 0) is 18.4 Å². The van der Waals surface area contributed by atoms with Gasteiger partial charge in [-0.2, -0.15) is 0 Å². The molecule has 1 aliphatic rings. The SMILES string of the molecule is CC1CCN(c2c(N)cnc3ccccc23)C1CO. The highest BCUT2D eigenvalue weighted by Crippen LogP contribution is 2.37. The molecule has 2 heterocycles. The first-order valence-corrected chi connectivity index (χ1v) is 6.73. The van der Waals surface area contributed by atoms with Crippen molar-refractivity contribution in [2.24, 2.45) is 5.92 Å². The topological polar surface area (TPSA) is 62.4 Å². The molecule has 19 heavy (non-hydrogen) atoms. The first kappa shape index (κ1) is 12.2. The molecule has 2 unspecified atom stereocenters. The number of pyridine rings is 1. The van der Waals surface area contributed by atoms with Crippen LogP contribution in [0.2, 0.25) is 0 Å². The second-order valence-corrected chi connectivity index (χ2v) is 5.29. The summed E-state index contributed by atoms with van der Waals surface area (Å²) < 4.78 is 0. The fourth-order valence-corrected chi connectivity index (χ4v) is 3.03. The lowest BCUT2D eigenvalue weighted by Crippen LogP contribution is -2.35. The van der Waals surface area contributed by atoms with E-state index in [9.17, 15) is 5.11 Å². The summed E-state index contributed by atoms with van der Waals surface area (Å²) in [6, 6.07) is 8.16. The standard InChI is InChI=1S/C15H19N3O/c1-10-6-7-18(14(10)9-19)15-11-4-2-3-5-13(11)17-8-12(15)16/h2-5,8,10,14,19H,6-7,9,16H2,1H3. The molecule has 3 rings (SSSR count). The van der Waals surface area contributed by atoms with Crippen molar-refractivity contribution in [3.05, 3.63) is 30.5 Å². The number of fused-ring (bicyclic) bond motifs is 1. The maximum Gasteiger partial charge on any atom is 0.0745 e. The molecule has 1 aliphatic heterocycles. The molecule has 3 N–H and O–H groups in total. The Bertz CT molecular complexity index is 599. The van der Waals surface area contributed by atoms with Crippen molar-refractivity contribution in [1.29, 1.82) is 0 Å². The van der Waals surface area contributed by atoms with E-state index in [1.165, 1.54) is 0 Å². The summed E-state index contributed by atoms with van der Waals surface area (Å²) in [6.45, 7) is 3.28. The Labute approximate surface area is 112 Å². The molecule has 0 amide bonds. The number of hydrogen-bond donors (Lipinski definition) is 2. The van der Waals surface area contributed by atoms with Gasteiger partial charge >= 0.3 is 0 Å². The summed E-state index contributed by atoms with van der Waals surface area (Å²) in [6.07, 6.45) is 2.80. The summed E-state index contributed by atoms with van der Waals surface area (Å²) in [5.74, 6) is 0.483. The zero-order chi connectivity index (χ0) is 13.4. The molecule has 1 aromatic carbocycles. The minimum absolute atomic E-state index is 0.146. The van der Waals surface area contributed by atoms with Crippen LogP contribution < -0.4 is 10.6 Å².